The summed E-state index contributed by atoms with van der Waals surface area (Å²) in [7, 11) is 0. The van der Waals surface area contributed by atoms with Crippen molar-refractivity contribution in [2.24, 2.45) is 0 Å². The van der Waals surface area contributed by atoms with Gasteiger partial charge in [-0.3, -0.25) is 14.8 Å². The van der Waals surface area contributed by atoms with E-state index in [9.17, 15) is 0 Å². The molecule has 2 aliphatic rings. The van der Waals surface area contributed by atoms with Crippen LogP contribution in [0.2, 0.25) is 0 Å². The van der Waals surface area contributed by atoms with Crippen LogP contribution >= 0.6 is 0 Å². The van der Waals surface area contributed by atoms with Crippen LogP contribution in [0.4, 0.5) is 0 Å². The van der Waals surface area contributed by atoms with Gasteiger partial charge in [0.15, 0.2) is 0 Å². The van der Waals surface area contributed by atoms with Crippen molar-refractivity contribution >= 4 is 0 Å². The topological polar surface area (TPSA) is 19.4 Å². The van der Waals surface area contributed by atoms with Crippen LogP contribution in [0.1, 0.15) is 42.7 Å². The van der Waals surface area contributed by atoms with Crippen molar-refractivity contribution in [2.75, 3.05) is 26.2 Å². The molecule has 1 aromatic carbocycles. The van der Waals surface area contributed by atoms with Crippen molar-refractivity contribution in [3.63, 3.8) is 0 Å². The van der Waals surface area contributed by atoms with E-state index in [1.54, 1.807) is 5.56 Å². The zero-order valence-corrected chi connectivity index (χ0v) is 15.1. The van der Waals surface area contributed by atoms with E-state index in [0.717, 1.165) is 18.5 Å². The molecule has 25 heavy (non-hydrogen) atoms. The standard InChI is InChI=1S/C22H29N3/c1-2-6-20(7-3-1)21-8-10-22(11-9-21)25-15-13-24(14-16-25)18-19-5-4-12-23-17-19/h1-7,12,17,21-22H,8-11,13-16,18H2. The summed E-state index contributed by atoms with van der Waals surface area (Å²) in [6, 6.07) is 16.1. The fourth-order valence-corrected chi connectivity index (χ4v) is 4.54. The number of nitrogens with zero attached hydrogens (tertiary/aromatic N) is 3. The lowest BCUT2D eigenvalue weighted by atomic mass is 9.81. The first kappa shape index (κ1) is 16.7. The van der Waals surface area contributed by atoms with E-state index in [-0.39, 0.29) is 0 Å². The maximum atomic E-state index is 4.23. The second-order valence-electron chi connectivity index (χ2n) is 7.59. The minimum Gasteiger partial charge on any atom is -0.298 e. The highest BCUT2D eigenvalue weighted by molar-refractivity contribution is 5.20. The van der Waals surface area contributed by atoms with Crippen LogP contribution in [0.15, 0.2) is 54.9 Å². The molecule has 3 heteroatoms. The van der Waals surface area contributed by atoms with E-state index in [1.165, 1.54) is 57.4 Å². The van der Waals surface area contributed by atoms with Gasteiger partial charge in [-0.15, -0.1) is 0 Å². The number of rotatable bonds is 4. The molecule has 2 heterocycles. The van der Waals surface area contributed by atoms with Crippen LogP contribution < -0.4 is 0 Å². The van der Waals surface area contributed by atoms with Gasteiger partial charge in [0.1, 0.15) is 0 Å². The number of hydrogen-bond acceptors (Lipinski definition) is 3. The normalized spacial score (nSPS) is 25.8. The van der Waals surface area contributed by atoms with E-state index in [1.807, 2.05) is 18.5 Å². The number of piperazine rings is 1. The summed E-state index contributed by atoms with van der Waals surface area (Å²) in [4.78, 5) is 9.56. The van der Waals surface area contributed by atoms with Gasteiger partial charge >= 0.3 is 0 Å². The third-order valence-electron chi connectivity index (χ3n) is 6.02. The van der Waals surface area contributed by atoms with Crippen LogP contribution in [0.5, 0.6) is 0 Å². The van der Waals surface area contributed by atoms with E-state index >= 15 is 0 Å². The van der Waals surface area contributed by atoms with Crippen molar-refractivity contribution in [1.29, 1.82) is 0 Å². The highest BCUT2D eigenvalue weighted by atomic mass is 15.3. The zero-order chi connectivity index (χ0) is 16.9. The van der Waals surface area contributed by atoms with Crippen molar-refractivity contribution in [2.45, 2.75) is 44.2 Å². The summed E-state index contributed by atoms with van der Waals surface area (Å²) in [6.07, 6.45) is 9.28. The number of pyridine rings is 1. The molecule has 0 radical (unpaired) electrons. The Morgan fingerprint density at radius 3 is 2.28 bits per heavy atom. The average molecular weight is 335 g/mol. The van der Waals surface area contributed by atoms with Gasteiger partial charge in [0, 0.05) is 51.2 Å². The molecule has 1 aromatic heterocycles. The number of benzene rings is 1. The van der Waals surface area contributed by atoms with Crippen molar-refractivity contribution in [3.8, 4) is 0 Å². The molecule has 2 fully saturated rings. The van der Waals surface area contributed by atoms with E-state index in [2.05, 4.69) is 51.2 Å². The smallest absolute Gasteiger partial charge is 0.0312 e. The largest absolute Gasteiger partial charge is 0.298 e. The Balaban J connectivity index is 1.24. The molecule has 1 saturated carbocycles. The predicted octanol–water partition coefficient (Wildman–Crippen LogP) is 3.93. The third-order valence-corrected chi connectivity index (χ3v) is 6.02. The van der Waals surface area contributed by atoms with E-state index in [0.29, 0.717) is 0 Å². The molecule has 1 aliphatic carbocycles. The second kappa shape index (κ2) is 8.11. The van der Waals surface area contributed by atoms with Crippen LogP contribution in [0.25, 0.3) is 0 Å². The molecular formula is C22H29N3. The molecule has 0 bridgehead atoms. The highest BCUT2D eigenvalue weighted by Crippen LogP contribution is 2.34. The summed E-state index contributed by atoms with van der Waals surface area (Å²) < 4.78 is 0. The van der Waals surface area contributed by atoms with Crippen LogP contribution in [0, 0.1) is 0 Å². The summed E-state index contributed by atoms with van der Waals surface area (Å²) in [6.45, 7) is 5.87. The SMILES string of the molecule is c1ccc(C2CCC(N3CCN(Cc4cccnc4)CC3)CC2)cc1. The first-order valence-corrected chi connectivity index (χ1v) is 9.79. The van der Waals surface area contributed by atoms with Crippen LogP contribution in [0.3, 0.4) is 0 Å². The summed E-state index contributed by atoms with van der Waals surface area (Å²) >= 11 is 0. The minimum absolute atomic E-state index is 0.782. The second-order valence-corrected chi connectivity index (χ2v) is 7.59. The Kier molecular flexibility index (Phi) is 5.43. The molecule has 4 rings (SSSR count). The van der Waals surface area contributed by atoms with Gasteiger partial charge in [0.05, 0.1) is 0 Å². The van der Waals surface area contributed by atoms with Crippen molar-refractivity contribution in [3.05, 3.63) is 66.0 Å². The predicted molar refractivity (Wildman–Crippen MR) is 103 cm³/mol. The van der Waals surface area contributed by atoms with Gasteiger partial charge in [-0.05, 0) is 48.8 Å². The number of aromatic nitrogens is 1. The van der Waals surface area contributed by atoms with Gasteiger partial charge in [0.2, 0.25) is 0 Å². The highest BCUT2D eigenvalue weighted by Gasteiger charge is 2.28. The Hall–Kier alpha value is -1.71. The van der Waals surface area contributed by atoms with Gasteiger partial charge in [0.25, 0.3) is 0 Å². The monoisotopic (exact) mass is 335 g/mol. The maximum Gasteiger partial charge on any atom is 0.0312 e. The van der Waals surface area contributed by atoms with Gasteiger partial charge in [-0.1, -0.05) is 36.4 Å². The molecule has 3 nitrogen and oxygen atoms in total. The third kappa shape index (κ3) is 4.28. The Bertz CT molecular complexity index is 627. The average Bonchev–Trinajstić information content (AvgIpc) is 2.70. The molecule has 132 valence electrons. The van der Waals surface area contributed by atoms with E-state index in [4.69, 9.17) is 0 Å². The molecule has 1 saturated heterocycles. The lowest BCUT2D eigenvalue weighted by Crippen LogP contribution is -2.50. The van der Waals surface area contributed by atoms with Gasteiger partial charge < -0.3 is 0 Å². The lowest BCUT2D eigenvalue weighted by molar-refractivity contribution is 0.0726. The Morgan fingerprint density at radius 2 is 1.60 bits per heavy atom. The first-order valence-electron chi connectivity index (χ1n) is 9.79. The quantitative estimate of drug-likeness (QED) is 0.844. The fraction of sp³-hybridized carbons (Fsp3) is 0.500. The molecule has 0 unspecified atom stereocenters. The van der Waals surface area contributed by atoms with Gasteiger partial charge in [-0.25, -0.2) is 0 Å². The zero-order valence-electron chi connectivity index (χ0n) is 15.1. The molecule has 0 amide bonds. The van der Waals surface area contributed by atoms with Crippen LogP contribution in [-0.4, -0.2) is 47.0 Å². The summed E-state index contributed by atoms with van der Waals surface area (Å²) in [5.41, 5.74) is 2.88. The molecule has 0 atom stereocenters. The minimum atomic E-state index is 0.782. The lowest BCUT2D eigenvalue weighted by Gasteiger charge is -2.42. The molecule has 1 aliphatic heterocycles. The maximum absolute atomic E-state index is 4.23. The van der Waals surface area contributed by atoms with Crippen molar-refractivity contribution < 1.29 is 0 Å². The summed E-state index contributed by atoms with van der Waals surface area (Å²) in [5, 5.41) is 0. The van der Waals surface area contributed by atoms with Crippen molar-refractivity contribution in [1.82, 2.24) is 14.8 Å². The molecule has 0 spiro atoms. The van der Waals surface area contributed by atoms with Crippen LogP contribution in [-0.2, 0) is 6.54 Å². The molecular weight excluding hydrogens is 306 g/mol. The van der Waals surface area contributed by atoms with E-state index < -0.39 is 0 Å². The molecule has 2 aromatic rings. The fourth-order valence-electron chi connectivity index (χ4n) is 4.54. The Labute approximate surface area is 151 Å². The Morgan fingerprint density at radius 1 is 0.840 bits per heavy atom. The molecule has 0 N–H and O–H groups in total. The van der Waals surface area contributed by atoms with Gasteiger partial charge in [-0.2, -0.15) is 0 Å². The summed E-state index contributed by atoms with van der Waals surface area (Å²) in [5.74, 6) is 0.782. The number of hydrogen-bond donors (Lipinski definition) is 0. The first-order chi connectivity index (χ1) is 12.4.